The van der Waals surface area contributed by atoms with E-state index in [0.29, 0.717) is 6.04 Å². The van der Waals surface area contributed by atoms with E-state index in [1.165, 1.54) is 12.0 Å². The number of likely N-dealkylation sites (N-methyl/N-ethyl adjacent to an activating group) is 1. The lowest BCUT2D eigenvalue weighted by atomic mass is 9.86. The minimum absolute atomic E-state index is 0.187. The van der Waals surface area contributed by atoms with Crippen LogP contribution < -0.4 is 5.32 Å². The first-order valence-corrected chi connectivity index (χ1v) is 6.44. The molecule has 16 heavy (non-hydrogen) atoms. The van der Waals surface area contributed by atoms with Crippen molar-refractivity contribution < 1.29 is 0 Å². The molecule has 0 aliphatic rings. The summed E-state index contributed by atoms with van der Waals surface area (Å²) >= 11 is 0. The van der Waals surface area contributed by atoms with Gasteiger partial charge in [0.05, 0.1) is 0 Å². The Morgan fingerprint density at radius 2 is 1.88 bits per heavy atom. The minimum atomic E-state index is 0.187. The number of hydrogen-bond acceptors (Lipinski definition) is 2. The first-order valence-electron chi connectivity index (χ1n) is 6.44. The van der Waals surface area contributed by atoms with E-state index in [2.05, 4.69) is 65.0 Å². The lowest BCUT2D eigenvalue weighted by Crippen LogP contribution is -2.56. The van der Waals surface area contributed by atoms with Crippen molar-refractivity contribution in [1.29, 1.82) is 0 Å². The van der Waals surface area contributed by atoms with Gasteiger partial charge >= 0.3 is 0 Å². The Balaban J connectivity index is 4.90. The van der Waals surface area contributed by atoms with Crippen molar-refractivity contribution in [2.45, 2.75) is 59.0 Å². The average Bonchev–Trinajstić information content (AvgIpc) is 2.22. The number of nitrogens with zero attached hydrogens (tertiary/aromatic N) is 1. The van der Waals surface area contributed by atoms with Crippen molar-refractivity contribution in [3.63, 3.8) is 0 Å². The Morgan fingerprint density at radius 3 is 2.19 bits per heavy atom. The van der Waals surface area contributed by atoms with Crippen LogP contribution in [-0.4, -0.2) is 37.1 Å². The van der Waals surface area contributed by atoms with Crippen LogP contribution >= 0.6 is 0 Å². The number of rotatable bonds is 7. The molecular formula is C14H30N2. The van der Waals surface area contributed by atoms with E-state index >= 15 is 0 Å². The van der Waals surface area contributed by atoms with Crippen molar-refractivity contribution >= 4 is 0 Å². The van der Waals surface area contributed by atoms with Crippen LogP contribution in [0.5, 0.6) is 0 Å². The van der Waals surface area contributed by atoms with Crippen LogP contribution in [0.1, 0.15) is 47.5 Å². The van der Waals surface area contributed by atoms with Gasteiger partial charge in [0.15, 0.2) is 0 Å². The molecule has 0 fully saturated rings. The third-order valence-corrected chi connectivity index (χ3v) is 3.52. The molecule has 2 atom stereocenters. The Morgan fingerprint density at radius 1 is 1.31 bits per heavy atom. The third kappa shape index (κ3) is 4.26. The fourth-order valence-electron chi connectivity index (χ4n) is 1.91. The molecule has 0 heterocycles. The van der Waals surface area contributed by atoms with E-state index in [4.69, 9.17) is 0 Å². The minimum Gasteiger partial charge on any atom is -0.309 e. The lowest BCUT2D eigenvalue weighted by molar-refractivity contribution is 0.133. The van der Waals surface area contributed by atoms with Crippen molar-refractivity contribution in [2.75, 3.05) is 20.6 Å². The molecular weight excluding hydrogens is 196 g/mol. The molecule has 2 unspecified atom stereocenters. The van der Waals surface area contributed by atoms with E-state index < -0.39 is 0 Å². The smallest absolute Gasteiger partial charge is 0.0436 e. The van der Waals surface area contributed by atoms with Gasteiger partial charge in [-0.15, -0.1) is 0 Å². The molecule has 96 valence electrons. The van der Waals surface area contributed by atoms with Crippen molar-refractivity contribution in [3.05, 3.63) is 11.6 Å². The van der Waals surface area contributed by atoms with Gasteiger partial charge in [-0.2, -0.15) is 0 Å². The van der Waals surface area contributed by atoms with Crippen LogP contribution in [0.15, 0.2) is 11.6 Å². The highest BCUT2D eigenvalue weighted by atomic mass is 15.2. The average molecular weight is 226 g/mol. The summed E-state index contributed by atoms with van der Waals surface area (Å²) in [6, 6.07) is 0.428. The van der Waals surface area contributed by atoms with E-state index in [1.54, 1.807) is 0 Å². The van der Waals surface area contributed by atoms with Crippen molar-refractivity contribution in [1.82, 2.24) is 10.2 Å². The predicted molar refractivity (Wildman–Crippen MR) is 73.9 cm³/mol. The van der Waals surface area contributed by atoms with Gasteiger partial charge in [-0.05, 0) is 54.3 Å². The highest BCUT2D eigenvalue weighted by Gasteiger charge is 2.32. The van der Waals surface area contributed by atoms with Gasteiger partial charge in [0.1, 0.15) is 0 Å². The van der Waals surface area contributed by atoms with E-state index in [1.807, 2.05) is 0 Å². The quantitative estimate of drug-likeness (QED) is 0.671. The summed E-state index contributed by atoms with van der Waals surface area (Å²) in [6.45, 7) is 12.2. The van der Waals surface area contributed by atoms with Crippen molar-refractivity contribution in [3.8, 4) is 0 Å². The van der Waals surface area contributed by atoms with Gasteiger partial charge in [-0.3, -0.25) is 0 Å². The van der Waals surface area contributed by atoms with E-state index in [-0.39, 0.29) is 5.54 Å². The fraction of sp³-hybridized carbons (Fsp3) is 0.857. The second-order valence-electron chi connectivity index (χ2n) is 5.28. The third-order valence-electron chi connectivity index (χ3n) is 3.52. The zero-order valence-electron chi connectivity index (χ0n) is 12.2. The van der Waals surface area contributed by atoms with Gasteiger partial charge in [0, 0.05) is 11.6 Å². The maximum absolute atomic E-state index is 3.66. The summed E-state index contributed by atoms with van der Waals surface area (Å²) in [5, 5.41) is 3.66. The number of hydrogen-bond donors (Lipinski definition) is 1. The zero-order chi connectivity index (χ0) is 12.8. The molecule has 0 aliphatic heterocycles. The Hall–Kier alpha value is -0.340. The second kappa shape index (κ2) is 7.08. The van der Waals surface area contributed by atoms with Crippen LogP contribution in [0.4, 0.5) is 0 Å². The monoisotopic (exact) mass is 226 g/mol. The first-order chi connectivity index (χ1) is 7.38. The molecule has 0 aliphatic carbocycles. The van der Waals surface area contributed by atoms with Crippen LogP contribution in [0.2, 0.25) is 0 Å². The normalized spacial score (nSPS) is 17.0. The van der Waals surface area contributed by atoms with Gasteiger partial charge < -0.3 is 10.2 Å². The molecule has 0 aromatic rings. The maximum atomic E-state index is 3.66. The highest BCUT2D eigenvalue weighted by Crippen LogP contribution is 2.22. The Bertz CT molecular complexity index is 217. The van der Waals surface area contributed by atoms with E-state index in [9.17, 15) is 0 Å². The van der Waals surface area contributed by atoms with Gasteiger partial charge in [-0.25, -0.2) is 0 Å². The van der Waals surface area contributed by atoms with Crippen LogP contribution in [0.3, 0.4) is 0 Å². The van der Waals surface area contributed by atoms with Crippen molar-refractivity contribution in [2.24, 2.45) is 0 Å². The summed E-state index contributed by atoms with van der Waals surface area (Å²) in [5.74, 6) is 0. The molecule has 0 rings (SSSR count). The SMILES string of the molecule is CCCNC(C=C(C)C)C(C)(CC)N(C)C. The Labute approximate surface area is 102 Å². The van der Waals surface area contributed by atoms with Crippen LogP contribution in [-0.2, 0) is 0 Å². The molecule has 1 N–H and O–H groups in total. The molecule has 0 spiro atoms. The molecule has 2 nitrogen and oxygen atoms in total. The second-order valence-corrected chi connectivity index (χ2v) is 5.28. The van der Waals surface area contributed by atoms with E-state index in [0.717, 1.165) is 13.0 Å². The predicted octanol–water partition coefficient (Wildman–Crippen LogP) is 3.05. The number of nitrogens with one attached hydrogen (secondary N) is 1. The zero-order valence-corrected chi connectivity index (χ0v) is 12.2. The molecule has 0 saturated heterocycles. The summed E-state index contributed by atoms with van der Waals surface area (Å²) in [6.07, 6.45) is 4.69. The molecule has 0 saturated carbocycles. The van der Waals surface area contributed by atoms with Crippen LogP contribution in [0.25, 0.3) is 0 Å². The highest BCUT2D eigenvalue weighted by molar-refractivity contribution is 5.10. The molecule has 2 heteroatoms. The Kier molecular flexibility index (Phi) is 6.93. The molecule has 0 aromatic carbocycles. The summed E-state index contributed by atoms with van der Waals surface area (Å²) in [7, 11) is 4.34. The largest absolute Gasteiger partial charge is 0.309 e. The standard InChI is InChI=1S/C14H30N2/c1-8-10-15-13(11-12(3)4)14(5,9-2)16(6)7/h11,13,15H,8-10H2,1-7H3. The molecule has 0 bridgehead atoms. The first kappa shape index (κ1) is 15.7. The molecule has 0 amide bonds. The maximum Gasteiger partial charge on any atom is 0.0436 e. The van der Waals surface area contributed by atoms with Gasteiger partial charge in [0.25, 0.3) is 0 Å². The lowest BCUT2D eigenvalue weighted by Gasteiger charge is -2.42. The summed E-state index contributed by atoms with van der Waals surface area (Å²) in [4.78, 5) is 2.33. The summed E-state index contributed by atoms with van der Waals surface area (Å²) < 4.78 is 0. The van der Waals surface area contributed by atoms with Gasteiger partial charge in [-0.1, -0.05) is 25.5 Å². The fourth-order valence-corrected chi connectivity index (χ4v) is 1.91. The molecule has 0 radical (unpaired) electrons. The summed E-state index contributed by atoms with van der Waals surface area (Å²) in [5.41, 5.74) is 1.57. The molecule has 0 aromatic heterocycles. The van der Waals surface area contributed by atoms with Crippen LogP contribution in [0, 0.1) is 0 Å². The topological polar surface area (TPSA) is 15.3 Å². The number of allylic oxidation sites excluding steroid dienone is 1. The van der Waals surface area contributed by atoms with Gasteiger partial charge in [0.2, 0.25) is 0 Å².